The van der Waals surface area contributed by atoms with Gasteiger partial charge < -0.3 is 20.4 Å². The molecule has 0 bridgehead atoms. The zero-order chi connectivity index (χ0) is 14.6. The normalized spacial score (nSPS) is 13.4. The fraction of sp³-hybridized carbons (Fsp3) is 0.600. The molecule has 1 atom stereocenters. The Balaban J connectivity index is 3.00. The molecule has 4 heteroatoms. The van der Waals surface area contributed by atoms with Gasteiger partial charge in [-0.15, -0.1) is 0 Å². The van der Waals surface area contributed by atoms with E-state index in [0.717, 1.165) is 17.8 Å². The second-order valence-electron chi connectivity index (χ2n) is 5.55. The van der Waals surface area contributed by atoms with Crippen LogP contribution in [0.4, 0.5) is 5.69 Å². The molecule has 1 unspecified atom stereocenters. The molecule has 0 fully saturated rings. The van der Waals surface area contributed by atoms with E-state index in [1.54, 1.807) is 6.07 Å². The highest BCUT2D eigenvalue weighted by Gasteiger charge is 2.23. The van der Waals surface area contributed by atoms with Gasteiger partial charge in [0.15, 0.2) is 0 Å². The van der Waals surface area contributed by atoms with Gasteiger partial charge in [0.2, 0.25) is 0 Å². The number of phenols is 1. The lowest BCUT2D eigenvalue weighted by atomic mass is 10.0. The molecule has 4 nitrogen and oxygen atoms in total. The molecule has 108 valence electrons. The molecule has 0 aliphatic carbocycles. The number of benzene rings is 1. The Morgan fingerprint density at radius 3 is 2.47 bits per heavy atom. The van der Waals surface area contributed by atoms with Gasteiger partial charge in [0, 0.05) is 30.4 Å². The number of likely N-dealkylation sites (N-methyl/N-ethyl adjacent to an activating group) is 1. The standard InChI is InChI=1S/C15H26N2O2/c1-6-16-11(2)13-8-7-12(9-14(13)19)17(5)15(3,4)10-18/h7-9,11,16,18-19H,6,10H2,1-5H3. The highest BCUT2D eigenvalue weighted by Crippen LogP contribution is 2.31. The van der Waals surface area contributed by atoms with Gasteiger partial charge in [-0.3, -0.25) is 0 Å². The Morgan fingerprint density at radius 2 is 2.00 bits per heavy atom. The highest BCUT2D eigenvalue weighted by atomic mass is 16.3. The summed E-state index contributed by atoms with van der Waals surface area (Å²) in [7, 11) is 1.92. The minimum atomic E-state index is -0.360. The molecule has 3 N–H and O–H groups in total. The fourth-order valence-corrected chi connectivity index (χ4v) is 1.98. The average molecular weight is 266 g/mol. The molecule has 1 aromatic rings. The van der Waals surface area contributed by atoms with Crippen molar-refractivity contribution in [2.45, 2.75) is 39.3 Å². The summed E-state index contributed by atoms with van der Waals surface area (Å²) < 4.78 is 0. The van der Waals surface area contributed by atoms with Gasteiger partial charge in [-0.25, -0.2) is 0 Å². The third-order valence-electron chi connectivity index (χ3n) is 3.67. The minimum absolute atomic E-state index is 0.0554. The fourth-order valence-electron chi connectivity index (χ4n) is 1.98. The van der Waals surface area contributed by atoms with E-state index in [-0.39, 0.29) is 23.9 Å². The van der Waals surface area contributed by atoms with Crippen LogP contribution >= 0.6 is 0 Å². The van der Waals surface area contributed by atoms with Crippen molar-refractivity contribution in [2.75, 3.05) is 25.1 Å². The van der Waals surface area contributed by atoms with E-state index in [1.807, 2.05) is 51.8 Å². The van der Waals surface area contributed by atoms with Crippen LogP contribution in [0, 0.1) is 0 Å². The van der Waals surface area contributed by atoms with Crippen LogP contribution in [0.3, 0.4) is 0 Å². The number of aromatic hydroxyl groups is 1. The molecule has 0 amide bonds. The van der Waals surface area contributed by atoms with Crippen molar-refractivity contribution >= 4 is 5.69 Å². The number of rotatable bonds is 6. The molecule has 0 aromatic heterocycles. The summed E-state index contributed by atoms with van der Waals surface area (Å²) in [5, 5.41) is 22.8. The second kappa shape index (κ2) is 6.26. The maximum Gasteiger partial charge on any atom is 0.122 e. The van der Waals surface area contributed by atoms with E-state index in [4.69, 9.17) is 0 Å². The SMILES string of the molecule is CCNC(C)c1ccc(N(C)C(C)(C)CO)cc1O. The molecule has 0 radical (unpaired) electrons. The quantitative estimate of drug-likeness (QED) is 0.739. The first-order valence-electron chi connectivity index (χ1n) is 6.74. The van der Waals surface area contributed by atoms with E-state index < -0.39 is 0 Å². The van der Waals surface area contributed by atoms with Crippen LogP contribution in [0.5, 0.6) is 5.75 Å². The Bertz CT molecular complexity index is 419. The zero-order valence-corrected chi connectivity index (χ0v) is 12.6. The molecule has 1 aromatic carbocycles. The Hall–Kier alpha value is -1.26. The predicted molar refractivity (Wildman–Crippen MR) is 79.8 cm³/mol. The summed E-state index contributed by atoms with van der Waals surface area (Å²) >= 11 is 0. The number of nitrogens with one attached hydrogen (secondary N) is 1. The van der Waals surface area contributed by atoms with Crippen LogP contribution in [0.25, 0.3) is 0 Å². The third kappa shape index (κ3) is 3.61. The number of nitrogens with zero attached hydrogens (tertiary/aromatic N) is 1. The summed E-state index contributed by atoms with van der Waals surface area (Å²) in [4.78, 5) is 1.97. The number of aliphatic hydroxyl groups excluding tert-OH is 1. The smallest absolute Gasteiger partial charge is 0.122 e. The first-order valence-corrected chi connectivity index (χ1v) is 6.74. The molecular formula is C15H26N2O2. The zero-order valence-electron chi connectivity index (χ0n) is 12.6. The van der Waals surface area contributed by atoms with E-state index >= 15 is 0 Å². The molecule has 0 saturated heterocycles. The highest BCUT2D eigenvalue weighted by molar-refractivity contribution is 5.55. The van der Waals surface area contributed by atoms with E-state index in [2.05, 4.69) is 5.32 Å². The number of hydrogen-bond donors (Lipinski definition) is 3. The van der Waals surface area contributed by atoms with Gasteiger partial charge in [0.25, 0.3) is 0 Å². The van der Waals surface area contributed by atoms with Crippen LogP contribution < -0.4 is 10.2 Å². The summed E-state index contributed by atoms with van der Waals surface area (Å²) in [6, 6.07) is 5.78. The molecular weight excluding hydrogens is 240 g/mol. The molecule has 0 spiro atoms. The van der Waals surface area contributed by atoms with E-state index in [9.17, 15) is 10.2 Å². The van der Waals surface area contributed by atoms with Crippen molar-refractivity contribution in [1.29, 1.82) is 0 Å². The second-order valence-corrected chi connectivity index (χ2v) is 5.55. The van der Waals surface area contributed by atoms with Crippen molar-refractivity contribution < 1.29 is 10.2 Å². The van der Waals surface area contributed by atoms with Gasteiger partial charge in [-0.2, -0.15) is 0 Å². The van der Waals surface area contributed by atoms with Crippen molar-refractivity contribution in [3.05, 3.63) is 23.8 Å². The van der Waals surface area contributed by atoms with Gasteiger partial charge >= 0.3 is 0 Å². The first kappa shape index (κ1) is 15.8. The lowest BCUT2D eigenvalue weighted by Crippen LogP contribution is -2.44. The van der Waals surface area contributed by atoms with Crippen LogP contribution in [-0.2, 0) is 0 Å². The van der Waals surface area contributed by atoms with Gasteiger partial charge in [-0.05, 0) is 33.4 Å². The number of hydrogen-bond acceptors (Lipinski definition) is 4. The Kier molecular flexibility index (Phi) is 5.20. The maximum atomic E-state index is 10.1. The van der Waals surface area contributed by atoms with Crippen LogP contribution in [0.15, 0.2) is 18.2 Å². The third-order valence-corrected chi connectivity index (χ3v) is 3.67. The molecule has 0 heterocycles. The number of phenolic OH excluding ortho intramolecular Hbond substituents is 1. The lowest BCUT2D eigenvalue weighted by molar-refractivity contribution is 0.216. The summed E-state index contributed by atoms with van der Waals surface area (Å²) in [6.45, 7) is 8.90. The van der Waals surface area contributed by atoms with Gasteiger partial charge in [-0.1, -0.05) is 13.0 Å². The van der Waals surface area contributed by atoms with Crippen molar-refractivity contribution in [1.82, 2.24) is 5.32 Å². The van der Waals surface area contributed by atoms with E-state index in [1.165, 1.54) is 0 Å². The lowest BCUT2D eigenvalue weighted by Gasteiger charge is -2.36. The minimum Gasteiger partial charge on any atom is -0.508 e. The maximum absolute atomic E-state index is 10.1. The monoisotopic (exact) mass is 266 g/mol. The molecule has 0 saturated carbocycles. The Morgan fingerprint density at radius 1 is 1.37 bits per heavy atom. The number of anilines is 1. The van der Waals surface area contributed by atoms with Crippen LogP contribution in [0.2, 0.25) is 0 Å². The molecule has 0 aliphatic rings. The molecule has 19 heavy (non-hydrogen) atoms. The summed E-state index contributed by atoms with van der Waals surface area (Å²) in [5.74, 6) is 0.284. The van der Waals surface area contributed by atoms with Gasteiger partial charge in [0.1, 0.15) is 5.75 Å². The molecule has 1 rings (SSSR count). The van der Waals surface area contributed by atoms with Crippen LogP contribution in [-0.4, -0.2) is 36.0 Å². The van der Waals surface area contributed by atoms with E-state index in [0.29, 0.717) is 0 Å². The summed E-state index contributed by atoms with van der Waals surface area (Å²) in [5.41, 5.74) is 1.42. The molecule has 0 aliphatic heterocycles. The van der Waals surface area contributed by atoms with Crippen molar-refractivity contribution in [3.8, 4) is 5.75 Å². The number of aliphatic hydroxyl groups is 1. The largest absolute Gasteiger partial charge is 0.508 e. The summed E-state index contributed by atoms with van der Waals surface area (Å²) in [6.07, 6.45) is 0. The van der Waals surface area contributed by atoms with Crippen LogP contribution in [0.1, 0.15) is 39.3 Å². The topological polar surface area (TPSA) is 55.7 Å². The van der Waals surface area contributed by atoms with Crippen molar-refractivity contribution in [2.24, 2.45) is 0 Å². The van der Waals surface area contributed by atoms with Crippen molar-refractivity contribution in [3.63, 3.8) is 0 Å². The first-order chi connectivity index (χ1) is 8.83. The average Bonchev–Trinajstić information content (AvgIpc) is 2.37. The Labute approximate surface area is 116 Å². The predicted octanol–water partition coefficient (Wildman–Crippen LogP) is 2.27. The van der Waals surface area contributed by atoms with Gasteiger partial charge in [0.05, 0.1) is 12.1 Å².